The summed E-state index contributed by atoms with van der Waals surface area (Å²) in [6, 6.07) is 3.96. The quantitative estimate of drug-likeness (QED) is 0.674. The summed E-state index contributed by atoms with van der Waals surface area (Å²) < 4.78 is 8.06. The summed E-state index contributed by atoms with van der Waals surface area (Å²) in [6.45, 7) is 1.93. The predicted octanol–water partition coefficient (Wildman–Crippen LogP) is 5.01. The van der Waals surface area contributed by atoms with Gasteiger partial charge < -0.3 is 9.30 Å². The average Bonchev–Trinajstić information content (AvgIpc) is 3.01. The third kappa shape index (κ3) is 3.12. The maximum Gasteiger partial charge on any atom is 0.302 e. The second kappa shape index (κ2) is 6.38. The number of imidazole rings is 1. The van der Waals surface area contributed by atoms with E-state index in [1.54, 1.807) is 6.07 Å². The van der Waals surface area contributed by atoms with E-state index in [-0.39, 0.29) is 5.97 Å². The highest BCUT2D eigenvalue weighted by atomic mass is 79.9. The molecule has 2 atom stereocenters. The number of carbonyl (C=O) groups excluding carboxylic acids is 1. The first-order valence-electron chi connectivity index (χ1n) is 7.11. The normalized spacial score (nSPS) is 21.5. The molecule has 7 heteroatoms. The molecule has 0 bridgehead atoms. The second-order valence-electron chi connectivity index (χ2n) is 5.64. The van der Waals surface area contributed by atoms with Crippen LogP contribution in [0.5, 0.6) is 0 Å². The van der Waals surface area contributed by atoms with Gasteiger partial charge in [-0.2, -0.15) is 0 Å². The van der Waals surface area contributed by atoms with Crippen molar-refractivity contribution in [1.29, 1.82) is 0 Å². The van der Waals surface area contributed by atoms with Gasteiger partial charge in [-0.1, -0.05) is 23.2 Å². The van der Waals surface area contributed by atoms with E-state index >= 15 is 0 Å². The van der Waals surface area contributed by atoms with Crippen LogP contribution >= 0.6 is 39.1 Å². The van der Waals surface area contributed by atoms with Gasteiger partial charge in [-0.25, -0.2) is 4.98 Å². The number of halogens is 3. The Morgan fingerprint density at radius 3 is 2.86 bits per heavy atom. The predicted molar refractivity (Wildman–Crippen MR) is 90.5 cm³/mol. The molecule has 1 aliphatic carbocycles. The zero-order chi connectivity index (χ0) is 15.9. The molecule has 1 saturated carbocycles. The Labute approximate surface area is 146 Å². The molecule has 1 aliphatic rings. The summed E-state index contributed by atoms with van der Waals surface area (Å²) in [7, 11) is 0. The molecule has 1 fully saturated rings. The van der Waals surface area contributed by atoms with Crippen molar-refractivity contribution in [3.63, 3.8) is 0 Å². The number of rotatable bonds is 3. The Hall–Kier alpha value is -0.780. The van der Waals surface area contributed by atoms with E-state index in [0.29, 0.717) is 28.6 Å². The summed E-state index contributed by atoms with van der Waals surface area (Å²) >= 11 is 15.7. The zero-order valence-electron chi connectivity index (χ0n) is 12.0. The first-order chi connectivity index (χ1) is 10.5. The molecule has 0 aliphatic heterocycles. The van der Waals surface area contributed by atoms with Gasteiger partial charge in [0.15, 0.2) is 4.73 Å². The molecule has 1 aromatic heterocycles. The van der Waals surface area contributed by atoms with Crippen LogP contribution in [0.15, 0.2) is 16.9 Å². The number of carbonyl (C=O) groups is 1. The smallest absolute Gasteiger partial charge is 0.302 e. The number of hydrogen-bond acceptors (Lipinski definition) is 3. The first kappa shape index (κ1) is 16.1. The summed E-state index contributed by atoms with van der Waals surface area (Å²) in [5, 5.41) is 1.03. The lowest BCUT2D eigenvalue weighted by Crippen LogP contribution is -2.11. The van der Waals surface area contributed by atoms with Gasteiger partial charge in [-0.3, -0.25) is 4.79 Å². The fourth-order valence-electron chi connectivity index (χ4n) is 3.08. The summed E-state index contributed by atoms with van der Waals surface area (Å²) in [5.74, 6) is 0.167. The molecule has 0 radical (unpaired) electrons. The van der Waals surface area contributed by atoms with Gasteiger partial charge in [-0.15, -0.1) is 0 Å². The molecule has 1 heterocycles. The molecule has 22 heavy (non-hydrogen) atoms. The summed E-state index contributed by atoms with van der Waals surface area (Å²) in [5.41, 5.74) is 1.80. The van der Waals surface area contributed by atoms with Crippen LogP contribution in [0, 0.1) is 5.92 Å². The van der Waals surface area contributed by atoms with Gasteiger partial charge >= 0.3 is 5.97 Å². The van der Waals surface area contributed by atoms with Gasteiger partial charge in [0.2, 0.25) is 0 Å². The summed E-state index contributed by atoms with van der Waals surface area (Å²) in [4.78, 5) is 15.4. The molecular weight excluding hydrogens is 391 g/mol. The number of ether oxygens (including phenoxy) is 1. The van der Waals surface area contributed by atoms with Crippen LogP contribution in [-0.4, -0.2) is 22.1 Å². The fraction of sp³-hybridized carbons (Fsp3) is 0.467. The van der Waals surface area contributed by atoms with Crippen molar-refractivity contribution in [2.75, 3.05) is 6.61 Å². The first-order valence-corrected chi connectivity index (χ1v) is 8.66. The minimum atomic E-state index is -0.223. The number of nitrogens with zero attached hydrogens (tertiary/aromatic N) is 2. The molecule has 0 saturated heterocycles. The standard InChI is InChI=1S/C15H15BrCl2N2O2/c1-8(21)22-7-9-2-3-10(4-9)20-14-6-12(18)11(17)5-13(14)19-15(20)16/h5-6,9-10H,2-4,7H2,1H3/t9-,10-/m0/s1. The Morgan fingerprint density at radius 1 is 1.41 bits per heavy atom. The third-order valence-electron chi connectivity index (χ3n) is 4.09. The van der Waals surface area contributed by atoms with E-state index in [1.165, 1.54) is 6.92 Å². The highest BCUT2D eigenvalue weighted by molar-refractivity contribution is 9.10. The molecule has 0 amide bonds. The minimum Gasteiger partial charge on any atom is -0.466 e. The van der Waals surface area contributed by atoms with Gasteiger partial charge in [0.05, 0.1) is 27.7 Å². The van der Waals surface area contributed by atoms with Crippen LogP contribution in [0.2, 0.25) is 10.0 Å². The number of fused-ring (bicyclic) bond motifs is 1. The van der Waals surface area contributed by atoms with Crippen LogP contribution < -0.4 is 0 Å². The third-order valence-corrected chi connectivity index (χ3v) is 5.37. The van der Waals surface area contributed by atoms with Gasteiger partial charge in [0.25, 0.3) is 0 Å². The lowest BCUT2D eigenvalue weighted by molar-refractivity contribution is -0.142. The van der Waals surface area contributed by atoms with Crippen molar-refractivity contribution < 1.29 is 9.53 Å². The van der Waals surface area contributed by atoms with Crippen LogP contribution in [0.3, 0.4) is 0 Å². The van der Waals surface area contributed by atoms with Gasteiger partial charge in [0.1, 0.15) is 0 Å². The van der Waals surface area contributed by atoms with Gasteiger partial charge in [-0.05, 0) is 53.2 Å². The molecule has 1 aromatic carbocycles. The minimum absolute atomic E-state index is 0.223. The van der Waals surface area contributed by atoms with E-state index in [1.807, 2.05) is 6.07 Å². The van der Waals surface area contributed by atoms with Crippen LogP contribution in [0.1, 0.15) is 32.2 Å². The Balaban J connectivity index is 1.86. The highest BCUT2D eigenvalue weighted by Crippen LogP contribution is 2.40. The van der Waals surface area contributed by atoms with Crippen LogP contribution in [-0.2, 0) is 9.53 Å². The molecule has 3 rings (SSSR count). The Bertz CT molecular complexity index is 732. The van der Waals surface area contributed by atoms with E-state index in [2.05, 4.69) is 25.5 Å². The lowest BCUT2D eigenvalue weighted by Gasteiger charge is -2.15. The second-order valence-corrected chi connectivity index (χ2v) is 7.17. The van der Waals surface area contributed by atoms with E-state index in [0.717, 1.165) is 35.0 Å². The van der Waals surface area contributed by atoms with Crippen molar-refractivity contribution in [2.45, 2.75) is 32.2 Å². The van der Waals surface area contributed by atoms with Crippen molar-refractivity contribution >= 4 is 56.1 Å². The molecule has 2 aromatic rings. The molecular formula is C15H15BrCl2N2O2. The van der Waals surface area contributed by atoms with Crippen molar-refractivity contribution in [3.8, 4) is 0 Å². The monoisotopic (exact) mass is 404 g/mol. The SMILES string of the molecule is CC(=O)OC[C@H]1CC[C@H](n2c(Br)nc3cc(Cl)c(Cl)cc32)C1. The van der Waals surface area contributed by atoms with Crippen LogP contribution in [0.4, 0.5) is 0 Å². The van der Waals surface area contributed by atoms with E-state index in [9.17, 15) is 4.79 Å². The topological polar surface area (TPSA) is 44.1 Å². The fourth-order valence-corrected chi connectivity index (χ4v) is 4.07. The van der Waals surface area contributed by atoms with E-state index in [4.69, 9.17) is 27.9 Å². The van der Waals surface area contributed by atoms with Crippen molar-refractivity contribution in [1.82, 2.24) is 9.55 Å². The molecule has 0 unspecified atom stereocenters. The number of benzene rings is 1. The lowest BCUT2D eigenvalue weighted by atomic mass is 10.1. The largest absolute Gasteiger partial charge is 0.466 e. The highest BCUT2D eigenvalue weighted by Gasteiger charge is 2.29. The average molecular weight is 406 g/mol. The van der Waals surface area contributed by atoms with Crippen LogP contribution in [0.25, 0.3) is 11.0 Å². The molecule has 118 valence electrons. The Morgan fingerprint density at radius 2 is 2.14 bits per heavy atom. The summed E-state index contributed by atoms with van der Waals surface area (Å²) in [6.07, 6.45) is 3.01. The number of aromatic nitrogens is 2. The van der Waals surface area contributed by atoms with Gasteiger partial charge in [0, 0.05) is 13.0 Å². The maximum atomic E-state index is 10.9. The molecule has 4 nitrogen and oxygen atoms in total. The van der Waals surface area contributed by atoms with Crippen molar-refractivity contribution in [2.24, 2.45) is 5.92 Å². The number of esters is 1. The zero-order valence-corrected chi connectivity index (χ0v) is 15.1. The molecule has 0 spiro atoms. The number of hydrogen-bond donors (Lipinski definition) is 0. The molecule has 0 N–H and O–H groups in total. The van der Waals surface area contributed by atoms with Crippen molar-refractivity contribution in [3.05, 3.63) is 26.9 Å². The Kier molecular flexibility index (Phi) is 4.67. The van der Waals surface area contributed by atoms with E-state index < -0.39 is 0 Å². The maximum absolute atomic E-state index is 10.9.